The maximum Gasteiger partial charge on any atom is 0.319 e. The minimum Gasteiger partial charge on any atom is -0.493 e. The van der Waals surface area contributed by atoms with Crippen molar-refractivity contribution in [3.63, 3.8) is 0 Å². The van der Waals surface area contributed by atoms with Crippen LogP contribution in [-0.4, -0.2) is 28.2 Å². The molecule has 2 atom stereocenters. The molecule has 0 aromatic heterocycles. The molecular weight excluding hydrogens is 248 g/mol. The molecule has 1 N–H and O–H groups in total. The standard InChI is InChI=1S/C14H16O3S/c15-13(16)14(6-3-7-18-14)8-10-9-17-12-5-2-1-4-11(10)12/h1-2,4-5,10H,3,6-9H2,(H,15,16). The van der Waals surface area contributed by atoms with Gasteiger partial charge in [-0.2, -0.15) is 0 Å². The molecule has 1 saturated heterocycles. The van der Waals surface area contributed by atoms with Crippen molar-refractivity contribution < 1.29 is 14.6 Å². The Hall–Kier alpha value is -1.16. The summed E-state index contributed by atoms with van der Waals surface area (Å²) in [5, 5.41) is 9.51. The van der Waals surface area contributed by atoms with E-state index in [9.17, 15) is 9.90 Å². The third-order valence-electron chi connectivity index (χ3n) is 3.87. The first-order valence-electron chi connectivity index (χ1n) is 6.30. The van der Waals surface area contributed by atoms with Gasteiger partial charge in [0.25, 0.3) is 0 Å². The molecule has 2 aliphatic rings. The molecule has 2 unspecified atom stereocenters. The highest BCUT2D eigenvalue weighted by atomic mass is 32.2. The van der Waals surface area contributed by atoms with Crippen LogP contribution >= 0.6 is 11.8 Å². The Kier molecular flexibility index (Phi) is 2.98. The first-order chi connectivity index (χ1) is 8.71. The second-order valence-corrected chi connectivity index (χ2v) is 6.48. The molecule has 0 amide bonds. The number of hydrogen-bond acceptors (Lipinski definition) is 3. The number of rotatable bonds is 3. The van der Waals surface area contributed by atoms with Gasteiger partial charge < -0.3 is 9.84 Å². The Balaban J connectivity index is 1.83. The van der Waals surface area contributed by atoms with Crippen molar-refractivity contribution in [2.45, 2.75) is 29.9 Å². The quantitative estimate of drug-likeness (QED) is 0.912. The van der Waals surface area contributed by atoms with Gasteiger partial charge in [-0.3, -0.25) is 4.79 Å². The number of carboxylic acid groups (broad SMARTS) is 1. The van der Waals surface area contributed by atoms with E-state index in [1.54, 1.807) is 11.8 Å². The molecule has 4 heteroatoms. The largest absolute Gasteiger partial charge is 0.493 e. The van der Waals surface area contributed by atoms with Crippen LogP contribution in [0.5, 0.6) is 5.75 Å². The van der Waals surface area contributed by atoms with Gasteiger partial charge in [0.15, 0.2) is 0 Å². The van der Waals surface area contributed by atoms with Gasteiger partial charge in [-0.25, -0.2) is 0 Å². The fourth-order valence-corrected chi connectivity index (χ4v) is 4.32. The molecular formula is C14H16O3S. The number of fused-ring (bicyclic) bond motifs is 1. The van der Waals surface area contributed by atoms with Crippen LogP contribution in [0, 0.1) is 0 Å². The normalized spacial score (nSPS) is 29.9. The molecule has 1 aromatic carbocycles. The van der Waals surface area contributed by atoms with Crippen molar-refractivity contribution in [3.8, 4) is 5.75 Å². The van der Waals surface area contributed by atoms with E-state index in [-0.39, 0.29) is 5.92 Å². The van der Waals surface area contributed by atoms with E-state index in [4.69, 9.17) is 4.74 Å². The first-order valence-corrected chi connectivity index (χ1v) is 7.29. The second kappa shape index (κ2) is 4.50. The number of thioether (sulfide) groups is 1. The van der Waals surface area contributed by atoms with Crippen LogP contribution in [0.1, 0.15) is 30.7 Å². The molecule has 3 nitrogen and oxygen atoms in total. The van der Waals surface area contributed by atoms with E-state index in [0.717, 1.165) is 24.3 Å². The highest BCUT2D eigenvalue weighted by Crippen LogP contribution is 2.47. The summed E-state index contributed by atoms with van der Waals surface area (Å²) in [5.74, 6) is 1.45. The molecule has 2 aliphatic heterocycles. The van der Waals surface area contributed by atoms with Gasteiger partial charge in [0.1, 0.15) is 10.5 Å². The van der Waals surface area contributed by atoms with E-state index in [2.05, 4.69) is 6.07 Å². The van der Waals surface area contributed by atoms with Gasteiger partial charge in [-0.1, -0.05) is 18.2 Å². The summed E-state index contributed by atoms with van der Waals surface area (Å²) in [7, 11) is 0. The van der Waals surface area contributed by atoms with Crippen LogP contribution in [0.4, 0.5) is 0 Å². The van der Waals surface area contributed by atoms with Gasteiger partial charge in [-0.05, 0) is 31.1 Å². The highest BCUT2D eigenvalue weighted by Gasteiger charge is 2.45. The van der Waals surface area contributed by atoms with Crippen LogP contribution in [0.25, 0.3) is 0 Å². The summed E-state index contributed by atoms with van der Waals surface area (Å²) in [6.07, 6.45) is 2.47. The van der Waals surface area contributed by atoms with Crippen LogP contribution in [0.2, 0.25) is 0 Å². The monoisotopic (exact) mass is 264 g/mol. The number of carboxylic acids is 1. The fourth-order valence-electron chi connectivity index (χ4n) is 2.91. The van der Waals surface area contributed by atoms with Crippen LogP contribution < -0.4 is 4.74 Å². The van der Waals surface area contributed by atoms with E-state index >= 15 is 0 Å². The summed E-state index contributed by atoms with van der Waals surface area (Å²) >= 11 is 1.60. The molecule has 0 radical (unpaired) electrons. The third-order valence-corrected chi connectivity index (χ3v) is 5.46. The summed E-state index contributed by atoms with van der Waals surface area (Å²) in [6.45, 7) is 0.620. The Labute approximate surface area is 111 Å². The van der Waals surface area contributed by atoms with E-state index < -0.39 is 10.7 Å². The zero-order chi connectivity index (χ0) is 12.6. The number of ether oxygens (including phenoxy) is 1. The molecule has 0 saturated carbocycles. The van der Waals surface area contributed by atoms with Gasteiger partial charge in [0, 0.05) is 11.5 Å². The molecule has 18 heavy (non-hydrogen) atoms. The van der Waals surface area contributed by atoms with Gasteiger partial charge in [0.2, 0.25) is 0 Å². The van der Waals surface area contributed by atoms with Gasteiger partial charge in [-0.15, -0.1) is 11.8 Å². The zero-order valence-electron chi connectivity index (χ0n) is 10.1. The topological polar surface area (TPSA) is 46.5 Å². The van der Waals surface area contributed by atoms with Crippen LogP contribution in [0.3, 0.4) is 0 Å². The van der Waals surface area contributed by atoms with Crippen LogP contribution in [-0.2, 0) is 4.79 Å². The Morgan fingerprint density at radius 3 is 3.06 bits per heavy atom. The summed E-state index contributed by atoms with van der Waals surface area (Å²) in [6, 6.07) is 7.97. The number of aliphatic carboxylic acids is 1. The zero-order valence-corrected chi connectivity index (χ0v) is 10.9. The highest BCUT2D eigenvalue weighted by molar-refractivity contribution is 8.01. The molecule has 0 bridgehead atoms. The van der Waals surface area contributed by atoms with Crippen molar-refractivity contribution in [2.24, 2.45) is 0 Å². The van der Waals surface area contributed by atoms with Crippen molar-refractivity contribution in [1.82, 2.24) is 0 Å². The number of benzene rings is 1. The molecule has 96 valence electrons. The number of para-hydroxylation sites is 1. The maximum absolute atomic E-state index is 11.6. The van der Waals surface area contributed by atoms with Gasteiger partial charge >= 0.3 is 5.97 Å². The van der Waals surface area contributed by atoms with Crippen molar-refractivity contribution in [2.75, 3.05) is 12.4 Å². The molecule has 1 fully saturated rings. The lowest BCUT2D eigenvalue weighted by Gasteiger charge is -2.25. The summed E-state index contributed by atoms with van der Waals surface area (Å²) < 4.78 is 5.05. The van der Waals surface area contributed by atoms with E-state index in [0.29, 0.717) is 13.0 Å². The Morgan fingerprint density at radius 1 is 1.50 bits per heavy atom. The minimum absolute atomic E-state index is 0.225. The Bertz CT molecular complexity index is 466. The van der Waals surface area contributed by atoms with Crippen molar-refractivity contribution >= 4 is 17.7 Å². The molecule has 0 aliphatic carbocycles. The minimum atomic E-state index is -0.658. The first kappa shape index (κ1) is 11.9. The summed E-state index contributed by atoms with van der Waals surface area (Å²) in [4.78, 5) is 11.6. The molecule has 2 heterocycles. The lowest BCUT2D eigenvalue weighted by molar-refractivity contribution is -0.140. The molecule has 0 spiro atoms. The van der Waals surface area contributed by atoms with Crippen molar-refractivity contribution in [3.05, 3.63) is 29.8 Å². The predicted octanol–water partition coefficient (Wildman–Crippen LogP) is 2.90. The molecule has 3 rings (SSSR count). The predicted molar refractivity (Wildman–Crippen MR) is 71.4 cm³/mol. The number of hydrogen-bond donors (Lipinski definition) is 1. The average molecular weight is 264 g/mol. The molecule has 1 aromatic rings. The lowest BCUT2D eigenvalue weighted by Crippen LogP contribution is -2.34. The average Bonchev–Trinajstić information content (AvgIpc) is 2.99. The third kappa shape index (κ3) is 1.88. The second-order valence-electron chi connectivity index (χ2n) is 5.00. The number of carbonyl (C=O) groups is 1. The maximum atomic E-state index is 11.6. The van der Waals surface area contributed by atoms with E-state index in [1.807, 2.05) is 18.2 Å². The smallest absolute Gasteiger partial charge is 0.319 e. The Morgan fingerprint density at radius 2 is 2.33 bits per heavy atom. The lowest BCUT2D eigenvalue weighted by atomic mass is 9.87. The van der Waals surface area contributed by atoms with E-state index in [1.165, 1.54) is 5.56 Å². The summed E-state index contributed by atoms with van der Waals surface area (Å²) in [5.41, 5.74) is 1.17. The van der Waals surface area contributed by atoms with Gasteiger partial charge in [0.05, 0.1) is 6.61 Å². The van der Waals surface area contributed by atoms with Crippen LogP contribution in [0.15, 0.2) is 24.3 Å². The SMILES string of the molecule is O=C(O)C1(CC2COc3ccccc32)CCCS1. The fraction of sp³-hybridized carbons (Fsp3) is 0.500. The van der Waals surface area contributed by atoms with Crippen molar-refractivity contribution in [1.29, 1.82) is 0 Å².